The Kier molecular flexibility index (Phi) is 3.54. The highest BCUT2D eigenvalue weighted by Gasteiger charge is 2.17. The molecule has 1 unspecified atom stereocenters. The monoisotopic (exact) mass is 222 g/mol. The maximum atomic E-state index is 3.47. The van der Waals surface area contributed by atoms with Crippen LogP contribution in [0.15, 0.2) is 29.2 Å². The van der Waals surface area contributed by atoms with Crippen LogP contribution >= 0.6 is 11.8 Å². The second-order valence-corrected chi connectivity index (χ2v) is 4.82. The summed E-state index contributed by atoms with van der Waals surface area (Å²) in [6.07, 6.45) is 2.14. The summed E-state index contributed by atoms with van der Waals surface area (Å²) >= 11 is 1.83. The molecule has 82 valence electrons. The number of hydrogen-bond acceptors (Lipinski definition) is 3. The average Bonchev–Trinajstić information content (AvgIpc) is 2.29. The van der Waals surface area contributed by atoms with Crippen LogP contribution in [-0.2, 0) is 0 Å². The van der Waals surface area contributed by atoms with Crippen molar-refractivity contribution in [3.05, 3.63) is 24.3 Å². The molecule has 0 aromatic heterocycles. The van der Waals surface area contributed by atoms with E-state index >= 15 is 0 Å². The Bertz CT molecular complexity index is 327. The first kappa shape index (κ1) is 10.8. The molecule has 0 aliphatic carbocycles. The van der Waals surface area contributed by atoms with Gasteiger partial charge in [0.05, 0.1) is 5.69 Å². The van der Waals surface area contributed by atoms with Gasteiger partial charge in [0, 0.05) is 30.6 Å². The smallest absolute Gasteiger partial charge is 0.0505 e. The Morgan fingerprint density at radius 2 is 2.20 bits per heavy atom. The lowest BCUT2D eigenvalue weighted by atomic mass is 10.2. The fourth-order valence-electron chi connectivity index (χ4n) is 2.04. The summed E-state index contributed by atoms with van der Waals surface area (Å²) in [6, 6.07) is 9.26. The van der Waals surface area contributed by atoms with E-state index in [2.05, 4.69) is 47.7 Å². The highest BCUT2D eigenvalue weighted by molar-refractivity contribution is 7.98. The summed E-state index contributed by atoms with van der Waals surface area (Å²) in [5.74, 6) is 0. The Morgan fingerprint density at radius 3 is 2.93 bits per heavy atom. The second-order valence-electron chi connectivity index (χ2n) is 3.97. The SMILES string of the molecule is CSc1ccccc1N1CCNC(C)C1. The summed E-state index contributed by atoms with van der Waals surface area (Å²) in [7, 11) is 0. The van der Waals surface area contributed by atoms with E-state index in [-0.39, 0.29) is 0 Å². The minimum absolute atomic E-state index is 0.591. The van der Waals surface area contributed by atoms with Crippen LogP contribution in [0.4, 0.5) is 5.69 Å². The number of hydrogen-bond donors (Lipinski definition) is 1. The van der Waals surface area contributed by atoms with Gasteiger partial charge in [-0.05, 0) is 25.3 Å². The largest absolute Gasteiger partial charge is 0.368 e. The number of piperazine rings is 1. The molecule has 0 radical (unpaired) electrons. The minimum atomic E-state index is 0.591. The van der Waals surface area contributed by atoms with Gasteiger partial charge in [0.2, 0.25) is 0 Å². The molecule has 0 bridgehead atoms. The maximum Gasteiger partial charge on any atom is 0.0505 e. The second kappa shape index (κ2) is 4.90. The molecule has 15 heavy (non-hydrogen) atoms. The van der Waals surface area contributed by atoms with Crippen molar-refractivity contribution in [1.29, 1.82) is 0 Å². The summed E-state index contributed by atoms with van der Waals surface area (Å²) in [5, 5.41) is 3.47. The van der Waals surface area contributed by atoms with E-state index in [0.717, 1.165) is 19.6 Å². The standard InChI is InChI=1S/C12H18N2S/c1-10-9-14(8-7-13-10)11-5-3-4-6-12(11)15-2/h3-6,10,13H,7-9H2,1-2H3. The Morgan fingerprint density at radius 1 is 1.40 bits per heavy atom. The van der Waals surface area contributed by atoms with Crippen molar-refractivity contribution in [2.75, 3.05) is 30.8 Å². The van der Waals surface area contributed by atoms with E-state index in [1.807, 2.05) is 11.8 Å². The van der Waals surface area contributed by atoms with Crippen LogP contribution in [0.2, 0.25) is 0 Å². The van der Waals surface area contributed by atoms with Crippen LogP contribution in [0.25, 0.3) is 0 Å². The highest BCUT2D eigenvalue weighted by atomic mass is 32.2. The van der Waals surface area contributed by atoms with Gasteiger partial charge in [-0.25, -0.2) is 0 Å². The van der Waals surface area contributed by atoms with Gasteiger partial charge in [0.25, 0.3) is 0 Å². The summed E-state index contributed by atoms with van der Waals surface area (Å²) in [4.78, 5) is 3.86. The van der Waals surface area contributed by atoms with Crippen molar-refractivity contribution in [2.45, 2.75) is 17.9 Å². The third-order valence-corrected chi connectivity index (χ3v) is 3.58. The maximum absolute atomic E-state index is 3.47. The molecule has 1 N–H and O–H groups in total. The summed E-state index contributed by atoms with van der Waals surface area (Å²) in [6.45, 7) is 5.55. The van der Waals surface area contributed by atoms with Gasteiger partial charge in [-0.1, -0.05) is 12.1 Å². The fraction of sp³-hybridized carbons (Fsp3) is 0.500. The quantitative estimate of drug-likeness (QED) is 0.772. The number of nitrogens with zero attached hydrogens (tertiary/aromatic N) is 1. The number of rotatable bonds is 2. The average molecular weight is 222 g/mol. The Balaban J connectivity index is 2.20. The lowest BCUT2D eigenvalue weighted by Gasteiger charge is -2.34. The lowest BCUT2D eigenvalue weighted by molar-refractivity contribution is 0.483. The molecule has 1 aromatic carbocycles. The van der Waals surface area contributed by atoms with Gasteiger partial charge < -0.3 is 10.2 Å². The molecule has 0 amide bonds. The molecule has 1 heterocycles. The van der Waals surface area contributed by atoms with E-state index in [4.69, 9.17) is 0 Å². The number of thioether (sulfide) groups is 1. The van der Waals surface area contributed by atoms with Crippen LogP contribution in [-0.4, -0.2) is 31.9 Å². The first-order valence-corrected chi connectivity index (χ1v) is 6.65. The molecule has 1 aromatic rings. The zero-order valence-electron chi connectivity index (χ0n) is 9.36. The van der Waals surface area contributed by atoms with Crippen LogP contribution in [0, 0.1) is 0 Å². The topological polar surface area (TPSA) is 15.3 Å². The number of para-hydroxylation sites is 1. The van der Waals surface area contributed by atoms with Gasteiger partial charge in [-0.2, -0.15) is 0 Å². The molecule has 3 heteroatoms. The zero-order valence-corrected chi connectivity index (χ0v) is 10.2. The molecule has 1 aliphatic rings. The predicted octanol–water partition coefficient (Wildman–Crippen LogP) is 2.21. The lowest BCUT2D eigenvalue weighted by Crippen LogP contribution is -2.49. The zero-order chi connectivity index (χ0) is 10.7. The summed E-state index contributed by atoms with van der Waals surface area (Å²) < 4.78 is 0. The predicted molar refractivity (Wildman–Crippen MR) is 67.9 cm³/mol. The van der Waals surface area contributed by atoms with Gasteiger partial charge >= 0.3 is 0 Å². The van der Waals surface area contributed by atoms with Gasteiger partial charge in [0.1, 0.15) is 0 Å². The molecule has 1 saturated heterocycles. The molecule has 1 aliphatic heterocycles. The van der Waals surface area contributed by atoms with Crippen LogP contribution < -0.4 is 10.2 Å². The third-order valence-electron chi connectivity index (χ3n) is 2.79. The van der Waals surface area contributed by atoms with Crippen molar-refractivity contribution in [3.63, 3.8) is 0 Å². The van der Waals surface area contributed by atoms with E-state index in [1.54, 1.807) is 0 Å². The Hall–Kier alpha value is -0.670. The van der Waals surface area contributed by atoms with Crippen LogP contribution in [0.1, 0.15) is 6.92 Å². The van der Waals surface area contributed by atoms with Crippen LogP contribution in [0.3, 0.4) is 0 Å². The fourth-order valence-corrected chi connectivity index (χ4v) is 2.66. The molecular weight excluding hydrogens is 204 g/mol. The third kappa shape index (κ3) is 2.47. The number of nitrogens with one attached hydrogen (secondary N) is 1. The van der Waals surface area contributed by atoms with Gasteiger partial charge in [-0.3, -0.25) is 0 Å². The first-order valence-electron chi connectivity index (χ1n) is 5.42. The van der Waals surface area contributed by atoms with E-state index in [1.165, 1.54) is 10.6 Å². The highest BCUT2D eigenvalue weighted by Crippen LogP contribution is 2.28. The van der Waals surface area contributed by atoms with Crippen molar-refractivity contribution >= 4 is 17.4 Å². The van der Waals surface area contributed by atoms with E-state index in [9.17, 15) is 0 Å². The molecule has 0 saturated carbocycles. The molecule has 2 nitrogen and oxygen atoms in total. The van der Waals surface area contributed by atoms with Crippen molar-refractivity contribution in [3.8, 4) is 0 Å². The van der Waals surface area contributed by atoms with Crippen LogP contribution in [0.5, 0.6) is 0 Å². The summed E-state index contributed by atoms with van der Waals surface area (Å²) in [5.41, 5.74) is 1.39. The minimum Gasteiger partial charge on any atom is -0.368 e. The Labute approximate surface area is 96.0 Å². The van der Waals surface area contributed by atoms with Gasteiger partial charge in [0.15, 0.2) is 0 Å². The van der Waals surface area contributed by atoms with E-state index in [0.29, 0.717) is 6.04 Å². The molecular formula is C12H18N2S. The molecule has 2 rings (SSSR count). The van der Waals surface area contributed by atoms with Crippen molar-refractivity contribution in [2.24, 2.45) is 0 Å². The van der Waals surface area contributed by atoms with Crippen molar-refractivity contribution in [1.82, 2.24) is 5.32 Å². The van der Waals surface area contributed by atoms with E-state index < -0.39 is 0 Å². The molecule has 0 spiro atoms. The number of anilines is 1. The first-order chi connectivity index (χ1) is 7.31. The number of benzene rings is 1. The normalized spacial score (nSPS) is 21.7. The van der Waals surface area contributed by atoms with Gasteiger partial charge in [-0.15, -0.1) is 11.8 Å². The van der Waals surface area contributed by atoms with Crippen molar-refractivity contribution < 1.29 is 0 Å². The molecule has 1 fully saturated rings. The molecule has 1 atom stereocenters.